The first-order chi connectivity index (χ1) is 25.8. The molecule has 0 unspecified atom stereocenters. The number of para-hydroxylation sites is 3. The highest BCUT2D eigenvalue weighted by Crippen LogP contribution is 2.43. The van der Waals surface area contributed by atoms with Gasteiger partial charge in [0.1, 0.15) is 11.3 Å². The van der Waals surface area contributed by atoms with Crippen molar-refractivity contribution >= 4 is 81.7 Å². The summed E-state index contributed by atoms with van der Waals surface area (Å²) >= 11 is 1.87. The SMILES string of the molecule is C1=C(N(c2ccc(-c3ccc4c(c3)sc3ccccc34)cc2)c2ccc3c4ccccc4n(-c4ccccc4)c3c2)CCc2c1oc1ccccc21. The molecule has 1 aliphatic rings. The van der Waals surface area contributed by atoms with Gasteiger partial charge in [0.25, 0.3) is 0 Å². The van der Waals surface area contributed by atoms with Crippen molar-refractivity contribution in [1.29, 1.82) is 0 Å². The Balaban J connectivity index is 1.07. The minimum Gasteiger partial charge on any atom is -0.456 e. The zero-order chi connectivity index (χ0) is 34.2. The molecule has 0 saturated carbocycles. The van der Waals surface area contributed by atoms with E-state index in [-0.39, 0.29) is 0 Å². The van der Waals surface area contributed by atoms with Crippen LogP contribution in [0.15, 0.2) is 174 Å². The predicted octanol–water partition coefficient (Wildman–Crippen LogP) is 13.7. The lowest BCUT2D eigenvalue weighted by Crippen LogP contribution is -2.19. The van der Waals surface area contributed by atoms with E-state index >= 15 is 0 Å². The van der Waals surface area contributed by atoms with Gasteiger partial charge in [0.05, 0.1) is 11.0 Å². The fourth-order valence-corrected chi connectivity index (χ4v) is 9.43. The second kappa shape index (κ2) is 11.6. The highest BCUT2D eigenvalue weighted by Gasteiger charge is 2.24. The van der Waals surface area contributed by atoms with Crippen LogP contribution in [0, 0.1) is 0 Å². The highest BCUT2D eigenvalue weighted by molar-refractivity contribution is 7.25. The number of rotatable bonds is 5. The van der Waals surface area contributed by atoms with Crippen molar-refractivity contribution in [2.24, 2.45) is 0 Å². The van der Waals surface area contributed by atoms with Gasteiger partial charge in [-0.1, -0.05) is 103 Å². The van der Waals surface area contributed by atoms with Crippen LogP contribution >= 0.6 is 11.3 Å². The molecule has 10 aromatic rings. The number of benzene rings is 7. The number of allylic oxidation sites excluding steroid dienone is 1. The maximum Gasteiger partial charge on any atom is 0.135 e. The van der Waals surface area contributed by atoms with Crippen molar-refractivity contribution in [2.45, 2.75) is 12.8 Å². The molecule has 0 saturated heterocycles. The lowest BCUT2D eigenvalue weighted by molar-refractivity contribution is 0.593. The summed E-state index contributed by atoms with van der Waals surface area (Å²) in [7, 11) is 0. The monoisotopic (exact) mass is 684 g/mol. The summed E-state index contributed by atoms with van der Waals surface area (Å²) in [4.78, 5) is 2.43. The summed E-state index contributed by atoms with van der Waals surface area (Å²) in [6.45, 7) is 0. The zero-order valence-corrected chi connectivity index (χ0v) is 29.1. The third-order valence-corrected chi connectivity index (χ3v) is 11.8. The number of hydrogen-bond acceptors (Lipinski definition) is 3. The minimum absolute atomic E-state index is 0.903. The Bertz CT molecular complexity index is 3020. The van der Waals surface area contributed by atoms with Crippen molar-refractivity contribution in [3.63, 3.8) is 0 Å². The quantitative estimate of drug-likeness (QED) is 0.180. The molecular weight excluding hydrogens is 653 g/mol. The first-order valence-corrected chi connectivity index (χ1v) is 18.7. The van der Waals surface area contributed by atoms with Crippen molar-refractivity contribution in [3.05, 3.63) is 181 Å². The largest absolute Gasteiger partial charge is 0.456 e. The molecule has 0 radical (unpaired) electrons. The predicted molar refractivity (Wildman–Crippen MR) is 220 cm³/mol. The molecule has 3 aromatic heterocycles. The lowest BCUT2D eigenvalue weighted by Gasteiger charge is -2.30. The van der Waals surface area contributed by atoms with Crippen molar-refractivity contribution < 1.29 is 4.42 Å². The van der Waals surface area contributed by atoms with E-state index < -0.39 is 0 Å². The van der Waals surface area contributed by atoms with E-state index in [0.717, 1.165) is 41.2 Å². The van der Waals surface area contributed by atoms with Crippen LogP contribution in [0.3, 0.4) is 0 Å². The molecule has 0 atom stereocenters. The number of aryl methyl sites for hydroxylation is 1. The van der Waals surface area contributed by atoms with Crippen LogP contribution in [0.2, 0.25) is 0 Å². The van der Waals surface area contributed by atoms with Crippen LogP contribution in [0.1, 0.15) is 17.7 Å². The van der Waals surface area contributed by atoms with Gasteiger partial charge in [0, 0.05) is 70.7 Å². The molecule has 0 fully saturated rings. The molecule has 0 N–H and O–H groups in total. The first-order valence-electron chi connectivity index (χ1n) is 17.9. The first kappa shape index (κ1) is 29.4. The summed E-state index contributed by atoms with van der Waals surface area (Å²) in [6, 6.07) is 59.4. The van der Waals surface area contributed by atoms with Crippen molar-refractivity contribution in [2.75, 3.05) is 4.90 Å². The van der Waals surface area contributed by atoms with Gasteiger partial charge in [-0.25, -0.2) is 0 Å². The third-order valence-electron chi connectivity index (χ3n) is 10.7. The average Bonchev–Trinajstić information content (AvgIpc) is 3.87. The fourth-order valence-electron chi connectivity index (χ4n) is 8.29. The number of furan rings is 1. The topological polar surface area (TPSA) is 21.3 Å². The molecule has 0 aliphatic heterocycles. The Morgan fingerprint density at radius 2 is 1.17 bits per heavy atom. The molecule has 4 heteroatoms. The summed E-state index contributed by atoms with van der Waals surface area (Å²) < 4.78 is 11.5. The van der Waals surface area contributed by atoms with Gasteiger partial charge in [-0.05, 0) is 84.6 Å². The molecule has 246 valence electrons. The summed E-state index contributed by atoms with van der Waals surface area (Å²) in [5.41, 5.74) is 11.7. The van der Waals surface area contributed by atoms with Gasteiger partial charge in [-0.15, -0.1) is 11.3 Å². The van der Waals surface area contributed by atoms with Crippen LogP contribution in [0.4, 0.5) is 11.4 Å². The van der Waals surface area contributed by atoms with Crippen LogP contribution in [-0.4, -0.2) is 4.57 Å². The molecule has 0 spiro atoms. The van der Waals surface area contributed by atoms with Gasteiger partial charge in [-0.3, -0.25) is 0 Å². The molecule has 0 amide bonds. The third kappa shape index (κ3) is 4.58. The summed E-state index contributed by atoms with van der Waals surface area (Å²) in [5, 5.41) is 6.37. The second-order valence-electron chi connectivity index (χ2n) is 13.7. The Morgan fingerprint density at radius 3 is 2.06 bits per heavy atom. The number of anilines is 2. The van der Waals surface area contributed by atoms with E-state index in [4.69, 9.17) is 4.42 Å². The Morgan fingerprint density at radius 1 is 0.500 bits per heavy atom. The minimum atomic E-state index is 0.903. The molecule has 3 nitrogen and oxygen atoms in total. The Hall–Kier alpha value is -6.36. The Kier molecular flexibility index (Phi) is 6.55. The molecule has 7 aromatic carbocycles. The van der Waals surface area contributed by atoms with E-state index in [0.29, 0.717) is 0 Å². The molecule has 0 bridgehead atoms. The zero-order valence-electron chi connectivity index (χ0n) is 28.3. The molecule has 11 rings (SSSR count). The Labute approximate surface area is 304 Å². The second-order valence-corrected chi connectivity index (χ2v) is 14.7. The molecule has 1 aliphatic carbocycles. The average molecular weight is 685 g/mol. The van der Waals surface area contributed by atoms with E-state index in [1.807, 2.05) is 11.3 Å². The molecule has 52 heavy (non-hydrogen) atoms. The standard InChI is InChI=1S/C48H32N2OS/c1-2-10-33(11-3-1)50-43-15-7-4-12-37(43)38-26-23-35(29-44(38)50)49(36-24-27-40-39-13-5-8-16-45(39)51-46(40)30-36)34-21-18-31(19-22-34)32-20-25-42-41-14-6-9-17-47(41)52-48(42)28-32/h1-23,25-26,28-30H,24,27H2. The van der Waals surface area contributed by atoms with E-state index in [2.05, 4.69) is 179 Å². The van der Waals surface area contributed by atoms with Crippen LogP contribution in [-0.2, 0) is 6.42 Å². The normalized spacial score (nSPS) is 13.0. The number of fused-ring (bicyclic) bond motifs is 9. The van der Waals surface area contributed by atoms with Crippen LogP contribution in [0.25, 0.3) is 75.8 Å². The van der Waals surface area contributed by atoms with Gasteiger partial charge >= 0.3 is 0 Å². The lowest BCUT2D eigenvalue weighted by atomic mass is 9.97. The van der Waals surface area contributed by atoms with Crippen molar-refractivity contribution in [1.82, 2.24) is 4.57 Å². The van der Waals surface area contributed by atoms with E-state index in [9.17, 15) is 0 Å². The molecule has 3 heterocycles. The van der Waals surface area contributed by atoms with E-state index in [1.165, 1.54) is 69.8 Å². The number of thiophene rings is 1. The number of nitrogens with zero attached hydrogens (tertiary/aromatic N) is 2. The van der Waals surface area contributed by atoms with Gasteiger partial charge in [0.15, 0.2) is 0 Å². The van der Waals surface area contributed by atoms with E-state index in [1.54, 1.807) is 0 Å². The fraction of sp³-hybridized carbons (Fsp3) is 0.0417. The molecular formula is C48H32N2OS. The maximum atomic E-state index is 6.46. The number of aromatic nitrogens is 1. The smallest absolute Gasteiger partial charge is 0.135 e. The summed E-state index contributed by atoms with van der Waals surface area (Å²) in [5.74, 6) is 0.959. The van der Waals surface area contributed by atoms with Gasteiger partial charge < -0.3 is 13.9 Å². The number of hydrogen-bond donors (Lipinski definition) is 0. The van der Waals surface area contributed by atoms with Crippen LogP contribution in [0.5, 0.6) is 0 Å². The summed E-state index contributed by atoms with van der Waals surface area (Å²) in [6.07, 6.45) is 4.09. The maximum absolute atomic E-state index is 6.46. The van der Waals surface area contributed by atoms with Gasteiger partial charge in [0.2, 0.25) is 0 Å². The van der Waals surface area contributed by atoms with Crippen molar-refractivity contribution in [3.8, 4) is 16.8 Å². The highest BCUT2D eigenvalue weighted by atomic mass is 32.1. The van der Waals surface area contributed by atoms with Crippen LogP contribution < -0.4 is 4.90 Å². The van der Waals surface area contributed by atoms with Gasteiger partial charge in [-0.2, -0.15) is 0 Å².